The average molecular weight is 410 g/mol. The average Bonchev–Trinajstić information content (AvgIpc) is 3.00. The number of pyridine rings is 1. The number of thiazole rings is 1. The molecule has 2 heterocycles. The molecular weight excluding hydrogens is 386 g/mol. The van der Waals surface area contributed by atoms with Gasteiger partial charge in [-0.15, -0.1) is 11.3 Å². The van der Waals surface area contributed by atoms with Gasteiger partial charge in [-0.2, -0.15) is 0 Å². The van der Waals surface area contributed by atoms with E-state index in [1.165, 1.54) is 0 Å². The van der Waals surface area contributed by atoms with Crippen LogP contribution in [0, 0.1) is 0 Å². The third-order valence-corrected chi connectivity index (χ3v) is 5.24. The van der Waals surface area contributed by atoms with Crippen molar-refractivity contribution in [3.05, 3.63) is 50.6 Å². The number of nitrogens with zero attached hydrogens (tertiary/aromatic N) is 2. The first kappa shape index (κ1) is 22.6. The van der Waals surface area contributed by atoms with E-state index in [4.69, 9.17) is 17.3 Å². The van der Waals surface area contributed by atoms with Crippen molar-refractivity contribution < 1.29 is 4.79 Å². The molecule has 2 aromatic rings. The van der Waals surface area contributed by atoms with Crippen LogP contribution in [0.1, 0.15) is 32.2 Å². The van der Waals surface area contributed by atoms with Crippen LogP contribution in [0.25, 0.3) is 12.7 Å². The van der Waals surface area contributed by atoms with Crippen LogP contribution in [0.5, 0.6) is 0 Å². The molecule has 0 fully saturated rings. The maximum atomic E-state index is 10.6. The molecule has 0 saturated carbocycles. The van der Waals surface area contributed by atoms with Gasteiger partial charge in [0, 0.05) is 27.4 Å². The van der Waals surface area contributed by atoms with Crippen molar-refractivity contribution >= 4 is 53.6 Å². The Morgan fingerprint density at radius 3 is 2.73 bits per heavy atom. The van der Waals surface area contributed by atoms with Gasteiger partial charge in [-0.25, -0.2) is 4.98 Å². The van der Waals surface area contributed by atoms with Crippen LogP contribution >= 0.6 is 34.7 Å². The number of hydrogen-bond acceptors (Lipinski definition) is 6. The zero-order valence-corrected chi connectivity index (χ0v) is 17.6. The van der Waals surface area contributed by atoms with Crippen LogP contribution in [0.4, 0.5) is 0 Å². The van der Waals surface area contributed by atoms with E-state index in [1.54, 1.807) is 29.2 Å². The van der Waals surface area contributed by atoms with Gasteiger partial charge in [0.05, 0.1) is 17.1 Å². The number of carbonyl (C=O) groups excluding carboxylic acids is 1. The fourth-order valence-corrected chi connectivity index (χ4v) is 3.82. The van der Waals surface area contributed by atoms with E-state index in [0.29, 0.717) is 17.2 Å². The topological polar surface area (TPSA) is 68.9 Å². The fraction of sp³-hybridized carbons (Fsp3) is 0.316. The molecule has 0 radical (unpaired) electrons. The predicted octanol–water partition coefficient (Wildman–Crippen LogP) is 3.26. The Bertz CT molecular complexity index is 845. The van der Waals surface area contributed by atoms with E-state index in [1.807, 2.05) is 45.0 Å². The highest BCUT2D eigenvalue weighted by molar-refractivity contribution is 8.00. The van der Waals surface area contributed by atoms with Gasteiger partial charge in [0.15, 0.2) is 4.34 Å². The largest absolute Gasteiger partial charge is 0.321 e. The maximum Gasteiger partial charge on any atom is 0.151 e. The van der Waals surface area contributed by atoms with Crippen LogP contribution in [0.3, 0.4) is 0 Å². The summed E-state index contributed by atoms with van der Waals surface area (Å²) in [5.41, 5.74) is 7.39. The maximum absolute atomic E-state index is 10.6. The highest BCUT2D eigenvalue weighted by atomic mass is 35.5. The number of aldehydes is 1. The van der Waals surface area contributed by atoms with E-state index in [2.05, 4.69) is 16.5 Å². The second kappa shape index (κ2) is 12.0. The van der Waals surface area contributed by atoms with Gasteiger partial charge in [-0.3, -0.25) is 4.98 Å². The first-order chi connectivity index (χ1) is 12.5. The summed E-state index contributed by atoms with van der Waals surface area (Å²) in [7, 11) is 0. The minimum atomic E-state index is -0.510. The van der Waals surface area contributed by atoms with Crippen molar-refractivity contribution in [3.63, 3.8) is 0 Å². The van der Waals surface area contributed by atoms with Gasteiger partial charge in [0.25, 0.3) is 0 Å². The minimum absolute atomic E-state index is 0.450. The van der Waals surface area contributed by atoms with Crippen LogP contribution in [-0.2, 0) is 17.0 Å². The quantitative estimate of drug-likeness (QED) is 0.561. The number of allylic oxidation sites excluding steroid dienone is 2. The molecule has 2 aromatic heterocycles. The Kier molecular flexibility index (Phi) is 10.4. The molecule has 0 bridgehead atoms. The normalized spacial score (nSPS) is 13.1. The lowest BCUT2D eigenvalue weighted by Gasteiger charge is -2.05. The summed E-state index contributed by atoms with van der Waals surface area (Å²) >= 11 is 8.98. The zero-order chi connectivity index (χ0) is 19.5. The third kappa shape index (κ3) is 7.83. The Labute approximate surface area is 167 Å². The molecule has 26 heavy (non-hydrogen) atoms. The monoisotopic (exact) mass is 409 g/mol. The second-order valence-corrected chi connectivity index (χ2v) is 8.02. The molecule has 0 aliphatic carbocycles. The number of halogens is 1. The molecule has 140 valence electrons. The van der Waals surface area contributed by atoms with Gasteiger partial charge < -0.3 is 10.5 Å². The Morgan fingerprint density at radius 1 is 1.38 bits per heavy atom. The highest BCUT2D eigenvalue weighted by Crippen LogP contribution is 2.21. The van der Waals surface area contributed by atoms with Crippen molar-refractivity contribution in [3.8, 4) is 0 Å². The van der Waals surface area contributed by atoms with Gasteiger partial charge in [0.2, 0.25) is 0 Å². The molecule has 0 aliphatic heterocycles. The number of hydrogen-bond donors (Lipinski definition) is 1. The molecule has 1 unspecified atom stereocenters. The summed E-state index contributed by atoms with van der Waals surface area (Å²) in [6.07, 6.45) is 4.86. The summed E-state index contributed by atoms with van der Waals surface area (Å²) in [6.45, 7) is 9.82. The molecular formula is C19H24ClN3OS2. The van der Waals surface area contributed by atoms with Crippen LogP contribution < -0.4 is 15.6 Å². The van der Waals surface area contributed by atoms with E-state index < -0.39 is 6.04 Å². The molecule has 2 rings (SSSR count). The SMILES string of the molecule is C=c1sc(SCc2cccc(CC(N)C=O)n2)n/c1=C/C=C(\C)Cl.CC. The van der Waals surface area contributed by atoms with Crippen LogP contribution in [0.15, 0.2) is 33.6 Å². The van der Waals surface area contributed by atoms with Gasteiger partial charge in [-0.1, -0.05) is 49.9 Å². The predicted molar refractivity (Wildman–Crippen MR) is 114 cm³/mol. The molecule has 4 nitrogen and oxygen atoms in total. The summed E-state index contributed by atoms with van der Waals surface area (Å²) in [6, 6.07) is 5.25. The summed E-state index contributed by atoms with van der Waals surface area (Å²) in [5, 5.41) is 1.53. The zero-order valence-electron chi connectivity index (χ0n) is 15.2. The summed E-state index contributed by atoms with van der Waals surface area (Å²) < 4.78 is 1.84. The van der Waals surface area contributed by atoms with Crippen molar-refractivity contribution in [2.45, 2.75) is 43.3 Å². The molecule has 2 N–H and O–H groups in total. The number of rotatable bonds is 7. The summed E-state index contributed by atoms with van der Waals surface area (Å²) in [5.74, 6) is 0.695. The highest BCUT2D eigenvalue weighted by Gasteiger charge is 2.06. The molecule has 0 aliphatic rings. The van der Waals surface area contributed by atoms with Gasteiger partial charge >= 0.3 is 0 Å². The second-order valence-electron chi connectivity index (χ2n) is 5.12. The first-order valence-corrected chi connectivity index (χ1v) is 10.4. The van der Waals surface area contributed by atoms with E-state index in [9.17, 15) is 4.79 Å². The minimum Gasteiger partial charge on any atom is -0.321 e. The first-order valence-electron chi connectivity index (χ1n) is 8.26. The van der Waals surface area contributed by atoms with E-state index in [0.717, 1.165) is 31.9 Å². The smallest absolute Gasteiger partial charge is 0.151 e. The molecule has 0 amide bonds. The summed E-state index contributed by atoms with van der Waals surface area (Å²) in [4.78, 5) is 19.7. The molecule has 7 heteroatoms. The van der Waals surface area contributed by atoms with Crippen molar-refractivity contribution in [1.82, 2.24) is 9.97 Å². The number of aromatic nitrogens is 2. The molecule has 0 saturated heterocycles. The third-order valence-electron chi connectivity index (χ3n) is 3.01. The lowest BCUT2D eigenvalue weighted by Crippen LogP contribution is -2.24. The van der Waals surface area contributed by atoms with Crippen molar-refractivity contribution in [1.29, 1.82) is 0 Å². The van der Waals surface area contributed by atoms with Crippen LogP contribution in [-0.4, -0.2) is 22.3 Å². The van der Waals surface area contributed by atoms with Crippen molar-refractivity contribution in [2.75, 3.05) is 0 Å². The number of thioether (sulfide) groups is 1. The van der Waals surface area contributed by atoms with Crippen molar-refractivity contribution in [2.24, 2.45) is 5.73 Å². The van der Waals surface area contributed by atoms with E-state index >= 15 is 0 Å². The van der Waals surface area contributed by atoms with Gasteiger partial charge in [-0.05, 0) is 31.2 Å². The molecule has 1 atom stereocenters. The van der Waals surface area contributed by atoms with Crippen LogP contribution in [0.2, 0.25) is 0 Å². The van der Waals surface area contributed by atoms with E-state index in [-0.39, 0.29) is 0 Å². The molecule has 0 spiro atoms. The Balaban J connectivity index is 0.00000163. The lowest BCUT2D eigenvalue weighted by molar-refractivity contribution is -0.108. The number of nitrogens with two attached hydrogens (primary N) is 1. The van der Waals surface area contributed by atoms with Gasteiger partial charge in [0.1, 0.15) is 6.29 Å². The fourth-order valence-electron chi connectivity index (χ4n) is 1.88. The number of carbonyl (C=O) groups is 1. The Morgan fingerprint density at radius 2 is 2.08 bits per heavy atom. The Hall–Kier alpha value is -1.47. The molecule has 0 aromatic carbocycles. The lowest BCUT2D eigenvalue weighted by atomic mass is 10.1. The standard InChI is InChI=1S/C17H18ClN3OS2.C2H6/c1-11(18)6-7-16-12(2)24-17(21-16)23-10-15-5-3-4-14(20-15)8-13(19)9-22;1-2/h3-7,9,13H,2,8,10,19H2,1H3;1-2H3/b11-6+,16-7+;.